The third kappa shape index (κ3) is 4.17. The number of hydrogen-bond donors (Lipinski definition) is 0. The van der Waals surface area contributed by atoms with Crippen molar-refractivity contribution in [3.63, 3.8) is 0 Å². The predicted octanol–water partition coefficient (Wildman–Crippen LogP) is 2.81. The second kappa shape index (κ2) is 8.33. The highest BCUT2D eigenvalue weighted by Gasteiger charge is 2.28. The number of likely N-dealkylation sites (tertiary alicyclic amines) is 1. The molecule has 0 unspecified atom stereocenters. The molecule has 0 N–H and O–H groups in total. The summed E-state index contributed by atoms with van der Waals surface area (Å²) in [4.78, 5) is 9.34. The summed E-state index contributed by atoms with van der Waals surface area (Å²) in [5.74, 6) is 0.827. The number of piperidine rings is 1. The molecule has 4 rings (SSSR count). The maximum Gasteiger partial charge on any atom is 0.0991 e. The zero-order chi connectivity index (χ0) is 17.8. The maximum atomic E-state index is 5.50. The van der Waals surface area contributed by atoms with Crippen LogP contribution in [0.3, 0.4) is 0 Å². The molecule has 2 aromatic rings. The van der Waals surface area contributed by atoms with Gasteiger partial charge in [0.2, 0.25) is 0 Å². The first-order valence-corrected chi connectivity index (χ1v) is 9.91. The highest BCUT2D eigenvalue weighted by molar-refractivity contribution is 5.34. The molecule has 5 nitrogen and oxygen atoms in total. The van der Waals surface area contributed by atoms with E-state index in [1.807, 2.05) is 23.3 Å². The Balaban J connectivity index is 1.27. The summed E-state index contributed by atoms with van der Waals surface area (Å²) >= 11 is 0. The molecule has 0 spiro atoms. The number of nitrogens with zero attached hydrogens (tertiary/aromatic N) is 4. The molecular formula is C21H30N4O. The van der Waals surface area contributed by atoms with Crippen molar-refractivity contribution in [3.05, 3.63) is 48.5 Å². The van der Waals surface area contributed by atoms with Crippen molar-refractivity contribution in [2.75, 3.05) is 39.4 Å². The van der Waals surface area contributed by atoms with E-state index in [1.54, 1.807) is 0 Å². The highest BCUT2D eigenvalue weighted by Crippen LogP contribution is 2.25. The number of morpholine rings is 1. The van der Waals surface area contributed by atoms with Crippen LogP contribution in [0.25, 0.3) is 5.69 Å². The lowest BCUT2D eigenvalue weighted by atomic mass is 9.89. The van der Waals surface area contributed by atoms with Crippen LogP contribution in [-0.4, -0.2) is 64.8 Å². The number of ether oxygens (including phenoxy) is 1. The summed E-state index contributed by atoms with van der Waals surface area (Å²) in [5.41, 5.74) is 2.57. The van der Waals surface area contributed by atoms with Crippen LogP contribution in [0, 0.1) is 5.92 Å². The van der Waals surface area contributed by atoms with E-state index in [9.17, 15) is 0 Å². The van der Waals surface area contributed by atoms with Gasteiger partial charge in [-0.3, -0.25) is 9.80 Å². The second-order valence-electron chi connectivity index (χ2n) is 7.64. The first-order chi connectivity index (χ1) is 12.8. The molecule has 0 aliphatic carbocycles. The zero-order valence-corrected chi connectivity index (χ0v) is 15.8. The van der Waals surface area contributed by atoms with Crippen LogP contribution in [0.15, 0.2) is 43.0 Å². The first kappa shape index (κ1) is 17.7. The van der Waals surface area contributed by atoms with Crippen molar-refractivity contribution in [2.45, 2.75) is 32.4 Å². The van der Waals surface area contributed by atoms with Crippen molar-refractivity contribution in [1.29, 1.82) is 0 Å². The number of benzene rings is 1. The van der Waals surface area contributed by atoms with E-state index in [1.165, 1.54) is 37.2 Å². The lowest BCUT2D eigenvalue weighted by Crippen LogP contribution is -2.48. The van der Waals surface area contributed by atoms with Crippen molar-refractivity contribution in [1.82, 2.24) is 19.4 Å². The van der Waals surface area contributed by atoms with E-state index in [2.05, 4.69) is 46.0 Å². The molecule has 1 aromatic heterocycles. The molecule has 1 aromatic carbocycles. The Hall–Kier alpha value is -1.69. The largest absolute Gasteiger partial charge is 0.379 e. The second-order valence-corrected chi connectivity index (χ2v) is 7.64. The normalized spacial score (nSPS) is 21.7. The fourth-order valence-corrected chi connectivity index (χ4v) is 4.32. The molecule has 2 aliphatic rings. The summed E-state index contributed by atoms with van der Waals surface area (Å²) in [7, 11) is 0. The molecule has 0 saturated carbocycles. The van der Waals surface area contributed by atoms with Crippen molar-refractivity contribution < 1.29 is 4.74 Å². The van der Waals surface area contributed by atoms with Gasteiger partial charge in [-0.05, 0) is 56.5 Å². The lowest BCUT2D eigenvalue weighted by Gasteiger charge is -2.41. The molecule has 2 fully saturated rings. The summed E-state index contributed by atoms with van der Waals surface area (Å²) in [6, 6.07) is 9.56. The predicted molar refractivity (Wildman–Crippen MR) is 103 cm³/mol. The van der Waals surface area contributed by atoms with Crippen LogP contribution in [0.1, 0.15) is 25.3 Å². The van der Waals surface area contributed by atoms with Crippen molar-refractivity contribution >= 4 is 0 Å². The van der Waals surface area contributed by atoms with E-state index in [4.69, 9.17) is 4.74 Å². The maximum absolute atomic E-state index is 5.50. The molecule has 2 aliphatic heterocycles. The average molecular weight is 354 g/mol. The quantitative estimate of drug-likeness (QED) is 0.827. The zero-order valence-electron chi connectivity index (χ0n) is 15.8. The molecular weight excluding hydrogens is 324 g/mol. The van der Waals surface area contributed by atoms with Crippen LogP contribution in [-0.2, 0) is 11.3 Å². The minimum atomic E-state index is 0.690. The minimum Gasteiger partial charge on any atom is -0.379 e. The van der Waals surface area contributed by atoms with E-state index in [0.717, 1.165) is 38.8 Å². The number of rotatable bonds is 5. The highest BCUT2D eigenvalue weighted by atomic mass is 16.5. The molecule has 26 heavy (non-hydrogen) atoms. The Morgan fingerprint density at radius 3 is 2.46 bits per heavy atom. The lowest BCUT2D eigenvalue weighted by molar-refractivity contribution is -0.00192. The molecule has 5 heteroatoms. The van der Waals surface area contributed by atoms with Crippen LogP contribution in [0.2, 0.25) is 0 Å². The minimum absolute atomic E-state index is 0.690. The standard InChI is InChI=1S/C21H30N4O/c1-18(24-12-14-26-15-13-24)20-6-9-23(10-7-20)16-19-2-4-21(5-3-19)25-11-8-22-17-25/h2-5,8,11,17-18,20H,6-7,9-10,12-16H2,1H3/t18-/m0/s1. The van der Waals surface area contributed by atoms with E-state index < -0.39 is 0 Å². The van der Waals surface area contributed by atoms with E-state index in [-0.39, 0.29) is 0 Å². The van der Waals surface area contributed by atoms with Gasteiger partial charge in [-0.25, -0.2) is 4.98 Å². The van der Waals surface area contributed by atoms with Gasteiger partial charge in [-0.2, -0.15) is 0 Å². The van der Waals surface area contributed by atoms with Gasteiger partial charge in [0.15, 0.2) is 0 Å². The average Bonchev–Trinajstić information content (AvgIpc) is 3.24. The third-order valence-corrected chi connectivity index (χ3v) is 6.08. The Kier molecular flexibility index (Phi) is 5.68. The van der Waals surface area contributed by atoms with Gasteiger partial charge in [-0.15, -0.1) is 0 Å². The topological polar surface area (TPSA) is 33.5 Å². The van der Waals surface area contributed by atoms with Gasteiger partial charge in [0.25, 0.3) is 0 Å². The van der Waals surface area contributed by atoms with Crippen molar-refractivity contribution in [2.24, 2.45) is 5.92 Å². The van der Waals surface area contributed by atoms with Crippen LogP contribution < -0.4 is 0 Å². The van der Waals surface area contributed by atoms with E-state index >= 15 is 0 Å². The SMILES string of the molecule is C[C@@H](C1CCN(Cc2ccc(-n3ccnc3)cc2)CC1)N1CCOCC1. The monoisotopic (exact) mass is 354 g/mol. The summed E-state index contributed by atoms with van der Waals surface area (Å²) in [6.07, 6.45) is 8.26. The van der Waals surface area contributed by atoms with Crippen LogP contribution in [0.5, 0.6) is 0 Å². The van der Waals surface area contributed by atoms with Crippen LogP contribution in [0.4, 0.5) is 0 Å². The van der Waals surface area contributed by atoms with Crippen LogP contribution >= 0.6 is 0 Å². The summed E-state index contributed by atoms with van der Waals surface area (Å²) < 4.78 is 7.54. The Labute approximate surface area is 156 Å². The van der Waals surface area contributed by atoms with Crippen molar-refractivity contribution in [3.8, 4) is 5.69 Å². The van der Waals surface area contributed by atoms with Gasteiger partial charge >= 0.3 is 0 Å². The smallest absolute Gasteiger partial charge is 0.0991 e. The Morgan fingerprint density at radius 2 is 1.81 bits per heavy atom. The van der Waals surface area contributed by atoms with E-state index in [0.29, 0.717) is 6.04 Å². The number of aromatic nitrogens is 2. The molecule has 0 bridgehead atoms. The molecule has 0 radical (unpaired) electrons. The summed E-state index contributed by atoms with van der Waals surface area (Å²) in [6.45, 7) is 9.90. The molecule has 140 valence electrons. The molecule has 1 atom stereocenters. The fraction of sp³-hybridized carbons (Fsp3) is 0.571. The van der Waals surface area contributed by atoms with Gasteiger partial charge in [0.05, 0.1) is 19.5 Å². The number of imidazole rings is 1. The Morgan fingerprint density at radius 1 is 1.08 bits per heavy atom. The molecule has 0 amide bonds. The van der Waals surface area contributed by atoms with Gasteiger partial charge in [0.1, 0.15) is 0 Å². The first-order valence-electron chi connectivity index (χ1n) is 9.91. The third-order valence-electron chi connectivity index (χ3n) is 6.08. The van der Waals surface area contributed by atoms with Gasteiger partial charge < -0.3 is 9.30 Å². The summed E-state index contributed by atoms with van der Waals surface area (Å²) in [5, 5.41) is 0. The van der Waals surface area contributed by atoms with Gasteiger partial charge in [-0.1, -0.05) is 12.1 Å². The molecule has 3 heterocycles. The van der Waals surface area contributed by atoms with Gasteiger partial charge in [0, 0.05) is 43.8 Å². The Bertz CT molecular complexity index is 656. The fourth-order valence-electron chi connectivity index (χ4n) is 4.32. The number of hydrogen-bond acceptors (Lipinski definition) is 4. The molecule has 2 saturated heterocycles.